The van der Waals surface area contributed by atoms with Gasteiger partial charge in [-0.15, -0.1) is 0 Å². The zero-order valence-corrected chi connectivity index (χ0v) is 13.1. The lowest BCUT2D eigenvalue weighted by atomic mass is 9.99. The van der Waals surface area contributed by atoms with E-state index in [0.29, 0.717) is 0 Å². The fourth-order valence-electron chi connectivity index (χ4n) is 2.09. The Morgan fingerprint density at radius 2 is 2.16 bits per heavy atom. The van der Waals surface area contributed by atoms with Crippen molar-refractivity contribution < 1.29 is 9.53 Å². The normalized spacial score (nSPS) is 14.7. The van der Waals surface area contributed by atoms with E-state index >= 15 is 0 Å². The predicted octanol–water partition coefficient (Wildman–Crippen LogP) is 3.44. The Bertz CT molecular complexity index is 495. The molecule has 0 unspecified atom stereocenters. The molecule has 0 fully saturated rings. The SMILES string of the molecule is CC(C)(C)OC(=O)Nc1c(Br)ccc2c1CCNC2. The minimum absolute atomic E-state index is 0.417. The highest BCUT2D eigenvalue weighted by molar-refractivity contribution is 9.10. The highest BCUT2D eigenvalue weighted by Crippen LogP contribution is 2.31. The van der Waals surface area contributed by atoms with Crippen molar-refractivity contribution in [3.8, 4) is 0 Å². The molecule has 0 saturated heterocycles. The summed E-state index contributed by atoms with van der Waals surface area (Å²) in [5, 5.41) is 6.18. The largest absolute Gasteiger partial charge is 0.444 e. The van der Waals surface area contributed by atoms with E-state index in [1.807, 2.05) is 26.8 Å². The quantitative estimate of drug-likeness (QED) is 0.831. The fraction of sp³-hybridized carbons (Fsp3) is 0.500. The number of hydrogen-bond acceptors (Lipinski definition) is 3. The molecule has 0 aromatic heterocycles. The van der Waals surface area contributed by atoms with Crippen LogP contribution in [0.5, 0.6) is 0 Å². The van der Waals surface area contributed by atoms with E-state index in [0.717, 1.165) is 29.7 Å². The summed E-state index contributed by atoms with van der Waals surface area (Å²) in [7, 11) is 0. The lowest BCUT2D eigenvalue weighted by Gasteiger charge is -2.24. The van der Waals surface area contributed by atoms with Gasteiger partial charge in [-0.1, -0.05) is 6.07 Å². The third-order valence-electron chi connectivity index (χ3n) is 2.85. The number of amides is 1. The molecule has 1 aromatic carbocycles. The maximum absolute atomic E-state index is 11.9. The van der Waals surface area contributed by atoms with Gasteiger partial charge >= 0.3 is 6.09 Å². The second-order valence-electron chi connectivity index (χ2n) is 5.61. The fourth-order valence-corrected chi connectivity index (χ4v) is 2.56. The van der Waals surface area contributed by atoms with Crippen LogP contribution in [0.2, 0.25) is 0 Å². The second kappa shape index (κ2) is 5.51. The van der Waals surface area contributed by atoms with Crippen molar-refractivity contribution in [3.05, 3.63) is 27.7 Å². The number of carbonyl (C=O) groups excluding carboxylic acids is 1. The molecule has 0 radical (unpaired) electrons. The van der Waals surface area contributed by atoms with Crippen molar-refractivity contribution in [1.82, 2.24) is 5.32 Å². The van der Waals surface area contributed by atoms with Gasteiger partial charge in [0.25, 0.3) is 0 Å². The third-order valence-corrected chi connectivity index (χ3v) is 3.51. The van der Waals surface area contributed by atoms with Gasteiger partial charge in [0.1, 0.15) is 5.60 Å². The molecule has 5 heteroatoms. The first-order chi connectivity index (χ1) is 8.87. The number of fused-ring (bicyclic) bond motifs is 1. The molecule has 2 N–H and O–H groups in total. The Balaban J connectivity index is 2.22. The number of benzene rings is 1. The Morgan fingerprint density at radius 3 is 2.84 bits per heavy atom. The molecular weight excluding hydrogens is 308 g/mol. The molecule has 0 bridgehead atoms. The van der Waals surface area contributed by atoms with Crippen LogP contribution in [0.15, 0.2) is 16.6 Å². The molecule has 0 aliphatic carbocycles. The highest BCUT2D eigenvalue weighted by Gasteiger charge is 2.20. The summed E-state index contributed by atoms with van der Waals surface area (Å²) in [5.41, 5.74) is 2.74. The molecule has 1 aromatic rings. The van der Waals surface area contributed by atoms with Gasteiger partial charge in [0.15, 0.2) is 0 Å². The molecule has 4 nitrogen and oxygen atoms in total. The van der Waals surface area contributed by atoms with Crippen LogP contribution < -0.4 is 10.6 Å². The van der Waals surface area contributed by atoms with Crippen molar-refractivity contribution in [3.63, 3.8) is 0 Å². The summed E-state index contributed by atoms with van der Waals surface area (Å²) in [6, 6.07) is 4.03. The molecule has 1 aliphatic heterocycles. The topological polar surface area (TPSA) is 50.4 Å². The van der Waals surface area contributed by atoms with Crippen LogP contribution in [-0.4, -0.2) is 18.2 Å². The van der Waals surface area contributed by atoms with E-state index < -0.39 is 11.7 Å². The number of anilines is 1. The predicted molar refractivity (Wildman–Crippen MR) is 79.4 cm³/mol. The molecule has 0 atom stereocenters. The molecule has 1 heterocycles. The molecule has 1 amide bonds. The molecular formula is C14H19BrN2O2. The number of ether oxygens (including phenoxy) is 1. The number of carbonyl (C=O) groups is 1. The van der Waals surface area contributed by atoms with Crippen LogP contribution in [0.4, 0.5) is 10.5 Å². The van der Waals surface area contributed by atoms with Crippen molar-refractivity contribution in [2.24, 2.45) is 0 Å². The van der Waals surface area contributed by atoms with Gasteiger partial charge in [0.2, 0.25) is 0 Å². The van der Waals surface area contributed by atoms with Crippen LogP contribution in [0, 0.1) is 0 Å². The highest BCUT2D eigenvalue weighted by atomic mass is 79.9. The Labute approximate surface area is 122 Å². The molecule has 19 heavy (non-hydrogen) atoms. The molecule has 1 aliphatic rings. The molecule has 0 spiro atoms. The van der Waals surface area contributed by atoms with Crippen molar-refractivity contribution in [2.75, 3.05) is 11.9 Å². The number of rotatable bonds is 1. The standard InChI is InChI=1S/C14H19BrN2O2/c1-14(2,3)19-13(18)17-12-10-6-7-16-8-9(10)4-5-11(12)15/h4-5,16H,6-8H2,1-3H3,(H,17,18). The lowest BCUT2D eigenvalue weighted by Crippen LogP contribution is -2.29. The van der Waals surface area contributed by atoms with E-state index in [9.17, 15) is 4.79 Å². The molecule has 2 rings (SSSR count). The first-order valence-electron chi connectivity index (χ1n) is 6.38. The average molecular weight is 327 g/mol. The first-order valence-corrected chi connectivity index (χ1v) is 7.17. The van der Waals surface area contributed by atoms with Crippen LogP contribution in [-0.2, 0) is 17.7 Å². The van der Waals surface area contributed by atoms with Gasteiger partial charge in [-0.05, 0) is 66.9 Å². The van der Waals surface area contributed by atoms with Crippen molar-refractivity contribution in [2.45, 2.75) is 39.3 Å². The van der Waals surface area contributed by atoms with E-state index in [2.05, 4.69) is 32.6 Å². The van der Waals surface area contributed by atoms with Crippen molar-refractivity contribution in [1.29, 1.82) is 0 Å². The van der Waals surface area contributed by atoms with Gasteiger partial charge in [-0.2, -0.15) is 0 Å². The summed E-state index contributed by atoms with van der Waals surface area (Å²) < 4.78 is 6.19. The zero-order valence-electron chi connectivity index (χ0n) is 11.5. The van der Waals surface area contributed by atoms with Gasteiger partial charge in [0.05, 0.1) is 5.69 Å². The maximum Gasteiger partial charge on any atom is 0.412 e. The van der Waals surface area contributed by atoms with Crippen LogP contribution in [0.25, 0.3) is 0 Å². The summed E-state index contributed by atoms with van der Waals surface area (Å²) in [4.78, 5) is 11.9. The first kappa shape index (κ1) is 14.3. The Kier molecular flexibility index (Phi) is 4.16. The van der Waals surface area contributed by atoms with Crippen LogP contribution in [0.1, 0.15) is 31.9 Å². The zero-order chi connectivity index (χ0) is 14.0. The Hall–Kier alpha value is -1.07. The smallest absolute Gasteiger partial charge is 0.412 e. The minimum atomic E-state index is -0.493. The van der Waals surface area contributed by atoms with Gasteiger partial charge in [-0.25, -0.2) is 4.79 Å². The lowest BCUT2D eigenvalue weighted by molar-refractivity contribution is 0.0635. The summed E-state index contributed by atoms with van der Waals surface area (Å²) in [6.07, 6.45) is 0.486. The maximum atomic E-state index is 11.9. The molecule has 0 saturated carbocycles. The van der Waals surface area contributed by atoms with E-state index in [1.54, 1.807) is 0 Å². The summed E-state index contributed by atoms with van der Waals surface area (Å²) in [6.45, 7) is 7.32. The number of nitrogens with one attached hydrogen (secondary N) is 2. The molecule has 104 valence electrons. The number of hydrogen-bond donors (Lipinski definition) is 2. The van der Waals surface area contributed by atoms with Crippen molar-refractivity contribution >= 4 is 27.7 Å². The van der Waals surface area contributed by atoms with E-state index in [4.69, 9.17) is 4.74 Å². The third kappa shape index (κ3) is 3.70. The second-order valence-corrected chi connectivity index (χ2v) is 6.47. The van der Waals surface area contributed by atoms with E-state index in [1.165, 1.54) is 11.1 Å². The van der Waals surface area contributed by atoms with Crippen LogP contribution >= 0.6 is 15.9 Å². The van der Waals surface area contributed by atoms with E-state index in [-0.39, 0.29) is 0 Å². The Morgan fingerprint density at radius 1 is 1.42 bits per heavy atom. The minimum Gasteiger partial charge on any atom is -0.444 e. The number of halogens is 1. The monoisotopic (exact) mass is 326 g/mol. The van der Waals surface area contributed by atoms with Gasteiger partial charge < -0.3 is 10.1 Å². The summed E-state index contributed by atoms with van der Waals surface area (Å²) >= 11 is 3.49. The average Bonchev–Trinajstić information content (AvgIpc) is 2.31. The van der Waals surface area contributed by atoms with Gasteiger partial charge in [0, 0.05) is 11.0 Å². The van der Waals surface area contributed by atoms with Gasteiger partial charge in [-0.3, -0.25) is 5.32 Å². The van der Waals surface area contributed by atoms with Crippen LogP contribution in [0.3, 0.4) is 0 Å². The summed E-state index contributed by atoms with van der Waals surface area (Å²) in [5.74, 6) is 0.